The first kappa shape index (κ1) is 25.3. The molecule has 27 heavy (non-hydrogen) atoms. The quantitative estimate of drug-likeness (QED) is 0.794. The molecule has 0 radical (unpaired) electrons. The molecule has 1 heterocycles. The number of hydrogen-bond donors (Lipinski definition) is 2. The van der Waals surface area contributed by atoms with Crippen LogP contribution in [0.1, 0.15) is 33.3 Å². The van der Waals surface area contributed by atoms with Crippen molar-refractivity contribution in [3.05, 3.63) is 29.6 Å². The zero-order valence-electron chi connectivity index (χ0n) is 16.9. The maximum Gasteiger partial charge on any atom is 0.221 e. The highest BCUT2D eigenvalue weighted by Gasteiger charge is 2.18. The third-order valence-electron chi connectivity index (χ3n) is 4.20. The summed E-state index contributed by atoms with van der Waals surface area (Å²) in [6.07, 6.45) is 1.53. The van der Waals surface area contributed by atoms with Gasteiger partial charge in [0.1, 0.15) is 5.82 Å². The predicted octanol–water partition coefficient (Wildman–Crippen LogP) is 2.75. The monoisotopic (exact) mass is 382 g/mol. The lowest BCUT2D eigenvalue weighted by Gasteiger charge is -2.31. The van der Waals surface area contributed by atoms with Crippen LogP contribution in [0.2, 0.25) is 0 Å². The number of halogens is 1. The van der Waals surface area contributed by atoms with Crippen LogP contribution in [-0.4, -0.2) is 64.7 Å². The minimum atomic E-state index is -0.0787. The van der Waals surface area contributed by atoms with Crippen molar-refractivity contribution in [3.63, 3.8) is 0 Å². The zero-order valence-corrected chi connectivity index (χ0v) is 16.9. The van der Waals surface area contributed by atoms with Crippen LogP contribution < -0.4 is 15.5 Å². The van der Waals surface area contributed by atoms with Crippen LogP contribution in [-0.2, 0) is 11.2 Å². The van der Waals surface area contributed by atoms with Crippen molar-refractivity contribution in [1.29, 1.82) is 0 Å². The van der Waals surface area contributed by atoms with Gasteiger partial charge in [-0.2, -0.15) is 0 Å². The Balaban J connectivity index is 0.000000584. The van der Waals surface area contributed by atoms with Gasteiger partial charge in [0.15, 0.2) is 0 Å². The molecule has 0 aliphatic carbocycles. The SMILES string of the molecule is C.CC(C)Cc1cccc(F)c1N1CCNCC1.CNC(=O)CCN(C)C. The van der Waals surface area contributed by atoms with Crippen molar-refractivity contribution in [2.45, 2.75) is 34.1 Å². The standard InChI is InChI=1S/C14H21FN2.C6H14N2O.CH4/c1-11(2)10-12-4-3-5-13(15)14(12)17-8-6-16-7-9-17;1-7-6(9)4-5-8(2)3;/h3-5,11,16H,6-10H2,1-2H3;4-5H2,1-3H3,(H,7,9);1H4. The molecule has 1 saturated heterocycles. The largest absolute Gasteiger partial charge is 0.366 e. The first-order valence-electron chi connectivity index (χ1n) is 9.43. The van der Waals surface area contributed by atoms with Crippen LogP contribution in [0, 0.1) is 11.7 Å². The van der Waals surface area contributed by atoms with E-state index < -0.39 is 0 Å². The molecule has 1 fully saturated rings. The number of benzene rings is 1. The lowest BCUT2D eigenvalue weighted by Crippen LogP contribution is -2.44. The van der Waals surface area contributed by atoms with E-state index in [1.165, 1.54) is 0 Å². The molecule has 1 amide bonds. The van der Waals surface area contributed by atoms with Crippen molar-refractivity contribution in [2.24, 2.45) is 5.92 Å². The molecule has 156 valence electrons. The van der Waals surface area contributed by atoms with E-state index in [0.29, 0.717) is 12.3 Å². The lowest BCUT2D eigenvalue weighted by molar-refractivity contribution is -0.120. The van der Waals surface area contributed by atoms with E-state index in [0.717, 1.165) is 50.4 Å². The molecule has 2 N–H and O–H groups in total. The predicted molar refractivity (Wildman–Crippen MR) is 114 cm³/mol. The molecular formula is C21H39FN4O. The fraction of sp³-hybridized carbons (Fsp3) is 0.667. The fourth-order valence-electron chi connectivity index (χ4n) is 2.86. The number of carbonyl (C=O) groups is 1. The van der Waals surface area contributed by atoms with Gasteiger partial charge in [-0.1, -0.05) is 33.4 Å². The fourth-order valence-corrected chi connectivity index (χ4v) is 2.86. The van der Waals surface area contributed by atoms with Crippen LogP contribution >= 0.6 is 0 Å². The van der Waals surface area contributed by atoms with E-state index in [-0.39, 0.29) is 19.2 Å². The second-order valence-corrected chi connectivity index (χ2v) is 7.31. The molecular weight excluding hydrogens is 343 g/mol. The molecule has 0 unspecified atom stereocenters. The van der Waals surface area contributed by atoms with Gasteiger partial charge in [0.2, 0.25) is 5.91 Å². The molecule has 1 aromatic carbocycles. The van der Waals surface area contributed by atoms with Gasteiger partial charge in [0.05, 0.1) is 5.69 Å². The summed E-state index contributed by atoms with van der Waals surface area (Å²) in [5.74, 6) is 0.576. The van der Waals surface area contributed by atoms with E-state index >= 15 is 0 Å². The number of para-hydroxylation sites is 1. The number of anilines is 1. The summed E-state index contributed by atoms with van der Waals surface area (Å²) in [5, 5.41) is 5.85. The topological polar surface area (TPSA) is 47.6 Å². The molecule has 0 spiro atoms. The van der Waals surface area contributed by atoms with Crippen molar-refractivity contribution < 1.29 is 9.18 Å². The van der Waals surface area contributed by atoms with E-state index in [2.05, 4.69) is 35.4 Å². The Hall–Kier alpha value is -1.66. The second kappa shape index (κ2) is 13.5. The molecule has 5 nitrogen and oxygen atoms in total. The van der Waals surface area contributed by atoms with Crippen molar-refractivity contribution >= 4 is 11.6 Å². The van der Waals surface area contributed by atoms with Gasteiger partial charge in [-0.3, -0.25) is 4.79 Å². The third-order valence-corrected chi connectivity index (χ3v) is 4.20. The average molecular weight is 383 g/mol. The van der Waals surface area contributed by atoms with Gasteiger partial charge >= 0.3 is 0 Å². The van der Waals surface area contributed by atoms with Crippen molar-refractivity contribution in [1.82, 2.24) is 15.5 Å². The van der Waals surface area contributed by atoms with Gasteiger partial charge in [-0.05, 0) is 38.1 Å². The Morgan fingerprint density at radius 2 is 1.93 bits per heavy atom. The lowest BCUT2D eigenvalue weighted by atomic mass is 10.00. The second-order valence-electron chi connectivity index (χ2n) is 7.31. The molecule has 2 rings (SSSR count). The van der Waals surface area contributed by atoms with Gasteiger partial charge in [0, 0.05) is 46.2 Å². The maximum absolute atomic E-state index is 14.0. The molecule has 1 aromatic rings. The molecule has 0 atom stereocenters. The first-order valence-corrected chi connectivity index (χ1v) is 9.43. The van der Waals surface area contributed by atoms with Crippen LogP contribution in [0.25, 0.3) is 0 Å². The number of carbonyl (C=O) groups excluding carboxylic acids is 1. The molecule has 1 aliphatic rings. The highest BCUT2D eigenvalue weighted by molar-refractivity contribution is 5.75. The Morgan fingerprint density at radius 1 is 1.30 bits per heavy atom. The molecule has 1 aliphatic heterocycles. The summed E-state index contributed by atoms with van der Waals surface area (Å²) in [6, 6.07) is 5.44. The average Bonchev–Trinajstić information content (AvgIpc) is 2.60. The highest BCUT2D eigenvalue weighted by atomic mass is 19.1. The Bertz CT molecular complexity index is 543. The number of nitrogens with zero attached hydrogens (tertiary/aromatic N) is 2. The molecule has 6 heteroatoms. The maximum atomic E-state index is 14.0. The van der Waals surface area contributed by atoms with E-state index in [4.69, 9.17) is 0 Å². The third kappa shape index (κ3) is 9.73. The minimum Gasteiger partial charge on any atom is -0.366 e. The van der Waals surface area contributed by atoms with Crippen molar-refractivity contribution in [3.8, 4) is 0 Å². The van der Waals surface area contributed by atoms with Gasteiger partial charge in [-0.15, -0.1) is 0 Å². The number of hydrogen-bond acceptors (Lipinski definition) is 4. The number of nitrogens with one attached hydrogen (secondary N) is 2. The molecule has 0 aromatic heterocycles. The van der Waals surface area contributed by atoms with Crippen LogP contribution in [0.3, 0.4) is 0 Å². The summed E-state index contributed by atoms with van der Waals surface area (Å²) >= 11 is 0. The summed E-state index contributed by atoms with van der Waals surface area (Å²) in [5.41, 5.74) is 1.96. The van der Waals surface area contributed by atoms with Gasteiger partial charge in [0.25, 0.3) is 0 Å². The Kier molecular flexibility index (Phi) is 12.7. The summed E-state index contributed by atoms with van der Waals surface area (Å²) in [6.45, 7) is 8.83. The van der Waals surface area contributed by atoms with Gasteiger partial charge < -0.3 is 20.4 Å². The van der Waals surface area contributed by atoms with Gasteiger partial charge in [-0.25, -0.2) is 4.39 Å². The van der Waals surface area contributed by atoms with E-state index in [9.17, 15) is 9.18 Å². The summed E-state index contributed by atoms with van der Waals surface area (Å²) < 4.78 is 14.0. The zero-order chi connectivity index (χ0) is 19.5. The van der Waals surface area contributed by atoms with Crippen LogP contribution in [0.15, 0.2) is 18.2 Å². The summed E-state index contributed by atoms with van der Waals surface area (Å²) in [4.78, 5) is 14.7. The Labute approximate surface area is 165 Å². The Morgan fingerprint density at radius 3 is 2.44 bits per heavy atom. The van der Waals surface area contributed by atoms with E-state index in [1.807, 2.05) is 25.1 Å². The van der Waals surface area contributed by atoms with Crippen molar-refractivity contribution in [2.75, 3.05) is 58.8 Å². The minimum absolute atomic E-state index is 0. The summed E-state index contributed by atoms with van der Waals surface area (Å²) in [7, 11) is 5.55. The molecule has 0 saturated carbocycles. The smallest absolute Gasteiger partial charge is 0.221 e. The highest BCUT2D eigenvalue weighted by Crippen LogP contribution is 2.27. The van der Waals surface area contributed by atoms with Crippen LogP contribution in [0.4, 0.5) is 10.1 Å². The number of piperazine rings is 1. The van der Waals surface area contributed by atoms with E-state index in [1.54, 1.807) is 13.1 Å². The first-order chi connectivity index (χ1) is 12.3. The molecule has 0 bridgehead atoms. The van der Waals surface area contributed by atoms with Crippen LogP contribution in [0.5, 0.6) is 0 Å². The normalized spacial score (nSPS) is 13.7. The number of amides is 1. The number of rotatable bonds is 6.